The fraction of sp³-hybridized carbons (Fsp3) is 0.429. The van der Waals surface area contributed by atoms with E-state index < -0.39 is 5.79 Å². The van der Waals surface area contributed by atoms with Crippen LogP contribution in [0.4, 0.5) is 0 Å². The van der Waals surface area contributed by atoms with E-state index in [0.717, 1.165) is 12.8 Å². The summed E-state index contributed by atoms with van der Waals surface area (Å²) in [6, 6.07) is 20.1. The average Bonchev–Trinajstić information content (AvgIpc) is 2.93. The molecule has 1 aliphatic rings. The van der Waals surface area contributed by atoms with Crippen molar-refractivity contribution < 1.29 is 9.47 Å². The Bertz CT molecular complexity index is 603. The average molecular weight is 340 g/mol. The molecule has 25 heavy (non-hydrogen) atoms. The summed E-state index contributed by atoms with van der Waals surface area (Å²) in [4.78, 5) is 0. The first-order valence-corrected chi connectivity index (χ1v) is 8.89. The standard InChI is InChI=1S/C21H28N2O2/c1-21(2)24-19(17(22)13-15-9-5-3-6-10-15)20(25-21)18(23)14-16-11-7-4-8-12-16/h3-12,17-20H,13-14,22-23H2,1-2H3. The number of nitrogens with two attached hydrogens (primary N) is 2. The lowest BCUT2D eigenvalue weighted by Gasteiger charge is -2.27. The number of benzene rings is 2. The molecule has 4 N–H and O–H groups in total. The highest BCUT2D eigenvalue weighted by atomic mass is 16.8. The number of ether oxygens (including phenoxy) is 2. The fourth-order valence-electron chi connectivity index (χ4n) is 3.48. The molecule has 1 aliphatic heterocycles. The van der Waals surface area contributed by atoms with Gasteiger partial charge in [0.05, 0.1) is 0 Å². The molecule has 2 aromatic rings. The maximum atomic E-state index is 6.49. The molecule has 0 saturated carbocycles. The smallest absolute Gasteiger partial charge is 0.163 e. The molecule has 134 valence electrons. The molecule has 4 unspecified atom stereocenters. The van der Waals surface area contributed by atoms with Gasteiger partial charge < -0.3 is 20.9 Å². The third-order valence-corrected chi connectivity index (χ3v) is 4.64. The summed E-state index contributed by atoms with van der Waals surface area (Å²) in [7, 11) is 0. The molecule has 3 rings (SSSR count). The van der Waals surface area contributed by atoms with Gasteiger partial charge in [-0.15, -0.1) is 0 Å². The molecule has 1 saturated heterocycles. The molecule has 0 aliphatic carbocycles. The maximum Gasteiger partial charge on any atom is 0.163 e. The zero-order valence-corrected chi connectivity index (χ0v) is 15.0. The first-order chi connectivity index (χ1) is 11.9. The third-order valence-electron chi connectivity index (χ3n) is 4.64. The van der Waals surface area contributed by atoms with Gasteiger partial charge in [-0.2, -0.15) is 0 Å². The largest absolute Gasteiger partial charge is 0.343 e. The summed E-state index contributed by atoms with van der Waals surface area (Å²) < 4.78 is 12.3. The van der Waals surface area contributed by atoms with E-state index in [-0.39, 0.29) is 24.3 Å². The van der Waals surface area contributed by atoms with Crippen LogP contribution in [0.15, 0.2) is 60.7 Å². The van der Waals surface area contributed by atoms with Crippen LogP contribution >= 0.6 is 0 Å². The van der Waals surface area contributed by atoms with E-state index in [1.807, 2.05) is 50.2 Å². The predicted octanol–water partition coefficient (Wildman–Crippen LogP) is 2.65. The van der Waals surface area contributed by atoms with Crippen LogP contribution in [0, 0.1) is 0 Å². The number of rotatable bonds is 6. The van der Waals surface area contributed by atoms with E-state index in [9.17, 15) is 0 Å². The second kappa shape index (κ2) is 7.67. The van der Waals surface area contributed by atoms with Crippen LogP contribution in [0.5, 0.6) is 0 Å². The van der Waals surface area contributed by atoms with Gasteiger partial charge in [0.15, 0.2) is 5.79 Å². The molecular formula is C21H28N2O2. The van der Waals surface area contributed by atoms with E-state index in [2.05, 4.69) is 24.3 Å². The van der Waals surface area contributed by atoms with E-state index in [1.54, 1.807) is 0 Å². The van der Waals surface area contributed by atoms with Gasteiger partial charge in [0, 0.05) is 12.1 Å². The lowest BCUT2D eigenvalue weighted by atomic mass is 9.92. The Morgan fingerprint density at radius 3 is 1.48 bits per heavy atom. The van der Waals surface area contributed by atoms with Gasteiger partial charge in [-0.1, -0.05) is 60.7 Å². The first kappa shape index (κ1) is 18.1. The number of hydrogen-bond acceptors (Lipinski definition) is 4. The van der Waals surface area contributed by atoms with E-state index in [0.29, 0.717) is 0 Å². The van der Waals surface area contributed by atoms with Gasteiger partial charge >= 0.3 is 0 Å². The Morgan fingerprint density at radius 2 is 1.12 bits per heavy atom. The third kappa shape index (κ3) is 4.67. The highest BCUT2D eigenvalue weighted by molar-refractivity contribution is 5.18. The molecule has 0 bridgehead atoms. The van der Waals surface area contributed by atoms with Gasteiger partial charge in [-0.05, 0) is 37.8 Å². The summed E-state index contributed by atoms with van der Waals surface area (Å²) >= 11 is 0. The summed E-state index contributed by atoms with van der Waals surface area (Å²) in [6.07, 6.45) is 1.02. The lowest BCUT2D eigenvalue weighted by molar-refractivity contribution is -0.149. The van der Waals surface area contributed by atoms with E-state index in [4.69, 9.17) is 20.9 Å². The van der Waals surface area contributed by atoms with Gasteiger partial charge in [-0.25, -0.2) is 0 Å². The van der Waals surface area contributed by atoms with Gasteiger partial charge in [0.2, 0.25) is 0 Å². The Hall–Kier alpha value is -1.72. The molecular weight excluding hydrogens is 312 g/mol. The van der Waals surface area contributed by atoms with Crippen molar-refractivity contribution in [2.45, 2.75) is 56.8 Å². The molecule has 1 fully saturated rings. The number of hydrogen-bond donors (Lipinski definition) is 2. The van der Waals surface area contributed by atoms with Crippen molar-refractivity contribution in [3.8, 4) is 0 Å². The van der Waals surface area contributed by atoms with Crippen molar-refractivity contribution in [2.24, 2.45) is 11.5 Å². The van der Waals surface area contributed by atoms with Crippen molar-refractivity contribution in [1.29, 1.82) is 0 Å². The van der Waals surface area contributed by atoms with Crippen LogP contribution in [0.3, 0.4) is 0 Å². The highest BCUT2D eigenvalue weighted by Crippen LogP contribution is 2.32. The van der Waals surface area contributed by atoms with Crippen molar-refractivity contribution in [3.05, 3.63) is 71.8 Å². The van der Waals surface area contributed by atoms with Crippen LogP contribution in [0.2, 0.25) is 0 Å². The van der Waals surface area contributed by atoms with Gasteiger partial charge in [-0.3, -0.25) is 0 Å². The summed E-state index contributed by atoms with van der Waals surface area (Å²) in [5, 5.41) is 0. The second-order valence-corrected chi connectivity index (χ2v) is 7.27. The zero-order chi connectivity index (χ0) is 17.9. The molecule has 4 atom stereocenters. The topological polar surface area (TPSA) is 70.5 Å². The Morgan fingerprint density at radius 1 is 0.760 bits per heavy atom. The molecule has 0 amide bonds. The zero-order valence-electron chi connectivity index (χ0n) is 15.0. The minimum absolute atomic E-state index is 0.170. The monoisotopic (exact) mass is 340 g/mol. The van der Waals surface area contributed by atoms with Crippen molar-refractivity contribution in [2.75, 3.05) is 0 Å². The summed E-state index contributed by atoms with van der Waals surface area (Å²) in [5.74, 6) is -0.669. The lowest BCUT2D eigenvalue weighted by Crippen LogP contribution is -2.51. The van der Waals surface area contributed by atoms with Crippen LogP contribution in [-0.4, -0.2) is 30.1 Å². The van der Waals surface area contributed by atoms with Crippen molar-refractivity contribution in [3.63, 3.8) is 0 Å². The van der Waals surface area contributed by atoms with Crippen molar-refractivity contribution in [1.82, 2.24) is 0 Å². The second-order valence-electron chi connectivity index (χ2n) is 7.27. The fourth-order valence-corrected chi connectivity index (χ4v) is 3.48. The Labute approximate surface area is 150 Å². The van der Waals surface area contributed by atoms with Crippen LogP contribution in [0.25, 0.3) is 0 Å². The van der Waals surface area contributed by atoms with E-state index >= 15 is 0 Å². The molecule has 0 aromatic heterocycles. The quantitative estimate of drug-likeness (QED) is 0.848. The van der Waals surface area contributed by atoms with Crippen LogP contribution in [-0.2, 0) is 22.3 Å². The minimum Gasteiger partial charge on any atom is -0.343 e. The summed E-state index contributed by atoms with van der Waals surface area (Å²) in [5.41, 5.74) is 15.4. The minimum atomic E-state index is -0.669. The predicted molar refractivity (Wildman–Crippen MR) is 100 cm³/mol. The molecule has 2 aromatic carbocycles. The molecule has 0 spiro atoms. The highest BCUT2D eigenvalue weighted by Gasteiger charge is 2.46. The van der Waals surface area contributed by atoms with Gasteiger partial charge in [0.25, 0.3) is 0 Å². The maximum absolute atomic E-state index is 6.49. The van der Waals surface area contributed by atoms with Crippen LogP contribution < -0.4 is 11.5 Å². The Kier molecular flexibility index (Phi) is 5.54. The van der Waals surface area contributed by atoms with Gasteiger partial charge in [0.1, 0.15) is 12.2 Å². The summed E-state index contributed by atoms with van der Waals surface area (Å²) in [6.45, 7) is 3.84. The molecule has 1 heterocycles. The molecule has 4 nitrogen and oxygen atoms in total. The SMILES string of the molecule is CC1(C)OC(C(N)Cc2ccccc2)C(C(N)Cc2ccccc2)O1. The Balaban J connectivity index is 1.71. The normalized spacial score (nSPS) is 24.8. The molecule has 0 radical (unpaired) electrons. The van der Waals surface area contributed by atoms with Crippen molar-refractivity contribution >= 4 is 0 Å². The first-order valence-electron chi connectivity index (χ1n) is 8.89. The van der Waals surface area contributed by atoms with Crippen LogP contribution in [0.1, 0.15) is 25.0 Å². The molecule has 4 heteroatoms. The van der Waals surface area contributed by atoms with E-state index in [1.165, 1.54) is 11.1 Å².